The number of carbonyl (C=O) groups is 5. The molecule has 0 radical (unpaired) electrons. The Kier molecular flexibility index (Phi) is 16.2. The molecule has 16 heteroatoms. The van der Waals surface area contributed by atoms with Crippen LogP contribution in [0.15, 0.2) is 91.0 Å². The van der Waals surface area contributed by atoms with Gasteiger partial charge in [0.2, 0.25) is 0 Å². The third-order valence-corrected chi connectivity index (χ3v) is 16.1. The lowest BCUT2D eigenvalue weighted by atomic mass is 9.92. The van der Waals surface area contributed by atoms with Crippen LogP contribution in [0.4, 0.5) is 10.5 Å². The van der Waals surface area contributed by atoms with E-state index >= 15 is 0 Å². The molecule has 3 unspecified atom stereocenters. The van der Waals surface area contributed by atoms with Gasteiger partial charge in [0.15, 0.2) is 18.3 Å². The summed E-state index contributed by atoms with van der Waals surface area (Å²) in [6.07, 6.45) is -5.86. The predicted molar refractivity (Wildman–Crippen MR) is 251 cm³/mol. The molecule has 4 aromatic carbocycles. The zero-order valence-electron chi connectivity index (χ0n) is 39.5. The Morgan fingerprint density at radius 3 is 1.70 bits per heavy atom. The summed E-state index contributed by atoms with van der Waals surface area (Å²) in [5, 5.41) is 22.7. The number of rotatable bonds is 10. The van der Waals surface area contributed by atoms with E-state index in [1.165, 1.54) is 24.2 Å². The van der Waals surface area contributed by atoms with Gasteiger partial charge in [0.25, 0.3) is 8.32 Å². The second kappa shape index (κ2) is 21.0. The number of anilines is 1. The summed E-state index contributed by atoms with van der Waals surface area (Å²) in [5.74, 6) is -2.55. The van der Waals surface area contributed by atoms with Gasteiger partial charge >= 0.3 is 30.0 Å². The first-order chi connectivity index (χ1) is 30.9. The fourth-order valence-electron chi connectivity index (χ4n) is 8.54. The van der Waals surface area contributed by atoms with Crippen LogP contribution in [0.5, 0.6) is 5.75 Å². The summed E-state index contributed by atoms with van der Waals surface area (Å²) in [4.78, 5) is 60.9. The standard InChI is InChI=1S/C34H39NO4Si.C16H23NO9/c1-33(2,3)38-32(37)35-23-24(21-29-27-19-13-14-20-28(27)31(36)22-30(29)35)39-40(34(4,5)6,25-15-9-7-10-16-25)26-17-11-8-12-18-26;1-7(17)13-15(24-10(4)20)16(25-11(5)21)14(23-9(3)19)12(26-13)6-22-8(2)18/h7-20,22,24,36H,21,23H2,1-6H3;12-17H,6H2,1-5H3/t;12?,13-,14-,15?,16-/m.0/s1. The molecule has 2 aliphatic heterocycles. The number of ether oxygens (including phenoxy) is 6. The molecule has 2 aliphatic rings. The third-order valence-electron chi connectivity index (χ3n) is 11.0. The average Bonchev–Trinajstić information content (AvgIpc) is 3.23. The molecule has 0 saturated carbocycles. The summed E-state index contributed by atoms with van der Waals surface area (Å²) >= 11 is 0. The minimum absolute atomic E-state index is 0.0116. The first-order valence-electron chi connectivity index (χ1n) is 21.8. The van der Waals surface area contributed by atoms with Gasteiger partial charge in [-0.05, 0) is 54.1 Å². The minimum Gasteiger partial charge on any atom is -0.507 e. The van der Waals surface area contributed by atoms with E-state index in [1.807, 2.05) is 57.2 Å². The molecular weight excluding hydrogens is 865 g/mol. The fraction of sp³-hybridized carbons (Fsp3) is 0.440. The van der Waals surface area contributed by atoms with Crippen LogP contribution in [0, 0.1) is 5.41 Å². The number of hydrogen-bond donors (Lipinski definition) is 2. The van der Waals surface area contributed by atoms with Gasteiger partial charge in [-0.3, -0.25) is 24.1 Å². The van der Waals surface area contributed by atoms with Gasteiger partial charge in [-0.1, -0.05) is 106 Å². The third kappa shape index (κ3) is 12.0. The van der Waals surface area contributed by atoms with E-state index in [9.17, 15) is 29.1 Å². The Balaban J connectivity index is 0.000000273. The Bertz CT molecular complexity index is 2360. The van der Waals surface area contributed by atoms with Crippen molar-refractivity contribution in [3.05, 3.63) is 96.6 Å². The molecule has 2 N–H and O–H groups in total. The number of phenolic OH excluding ortho intramolecular Hbond substituents is 1. The summed E-state index contributed by atoms with van der Waals surface area (Å²) in [6.45, 7) is 18.4. The zero-order chi connectivity index (χ0) is 48.7. The van der Waals surface area contributed by atoms with Crippen LogP contribution in [0.2, 0.25) is 5.04 Å². The first kappa shape index (κ1) is 50.9. The quantitative estimate of drug-likeness (QED) is 0.0719. The van der Waals surface area contributed by atoms with Crippen molar-refractivity contribution in [1.82, 2.24) is 0 Å². The summed E-state index contributed by atoms with van der Waals surface area (Å²) in [5.41, 5.74) is 0.978. The highest BCUT2D eigenvalue weighted by Crippen LogP contribution is 2.43. The van der Waals surface area contributed by atoms with Crippen molar-refractivity contribution in [1.29, 1.82) is 5.41 Å². The maximum Gasteiger partial charge on any atom is 0.414 e. The van der Waals surface area contributed by atoms with Crippen LogP contribution >= 0.6 is 0 Å². The number of carbonyl (C=O) groups excluding carboxylic acids is 5. The number of nitrogens with one attached hydrogen (secondary N) is 1. The Labute approximate surface area is 387 Å². The predicted octanol–water partition coefficient (Wildman–Crippen LogP) is 6.94. The van der Waals surface area contributed by atoms with Gasteiger partial charge in [-0.25, -0.2) is 4.79 Å². The lowest BCUT2D eigenvalue weighted by molar-refractivity contribution is -0.241. The molecule has 1 saturated heterocycles. The van der Waals surface area contributed by atoms with E-state index in [0.717, 1.165) is 37.1 Å². The van der Waals surface area contributed by atoms with Crippen LogP contribution in [0.25, 0.3) is 10.8 Å². The highest BCUT2D eigenvalue weighted by atomic mass is 28.4. The molecule has 1 amide bonds. The van der Waals surface area contributed by atoms with Crippen molar-refractivity contribution in [3.63, 3.8) is 0 Å². The SMILES string of the molecule is CC(=N)[C@@H]1OC(COC(C)=O)[C@H](OC(C)=O)[C@H](OC(C)=O)C1OC(C)=O.CC(C)(C)OC(=O)N1CC(O[Si](c2ccccc2)(c2ccccc2)C(C)(C)C)Cc2c1cc(O)c1ccccc21. The van der Waals surface area contributed by atoms with Gasteiger partial charge in [-0.2, -0.15) is 0 Å². The molecule has 6 rings (SSSR count). The van der Waals surface area contributed by atoms with E-state index in [-0.39, 0.29) is 29.2 Å². The molecule has 1 fully saturated rings. The fourth-order valence-corrected chi connectivity index (χ4v) is 13.2. The molecule has 0 aromatic heterocycles. The topological polar surface area (TPSA) is 197 Å². The molecule has 66 heavy (non-hydrogen) atoms. The van der Waals surface area contributed by atoms with E-state index in [1.54, 1.807) is 11.0 Å². The van der Waals surface area contributed by atoms with Crippen LogP contribution in [-0.4, -0.2) is 104 Å². The lowest BCUT2D eigenvalue weighted by Gasteiger charge is -2.47. The lowest BCUT2D eigenvalue weighted by Crippen LogP contribution is -2.68. The maximum absolute atomic E-state index is 13.6. The molecular formula is C50H62N2O13Si. The van der Waals surface area contributed by atoms with Gasteiger partial charge in [-0.15, -0.1) is 0 Å². The van der Waals surface area contributed by atoms with Crippen molar-refractivity contribution in [3.8, 4) is 5.75 Å². The number of hydrogen-bond acceptors (Lipinski definition) is 14. The van der Waals surface area contributed by atoms with Crippen molar-refractivity contribution >= 4 is 70.8 Å². The highest BCUT2D eigenvalue weighted by molar-refractivity contribution is 6.99. The summed E-state index contributed by atoms with van der Waals surface area (Å²) in [6, 6.07) is 30.6. The van der Waals surface area contributed by atoms with E-state index in [2.05, 4.69) is 69.3 Å². The number of nitrogens with zero attached hydrogens (tertiary/aromatic N) is 1. The molecule has 0 aliphatic carbocycles. The molecule has 0 spiro atoms. The highest BCUT2D eigenvalue weighted by Gasteiger charge is 2.54. The van der Waals surface area contributed by atoms with Crippen LogP contribution < -0.4 is 15.3 Å². The van der Waals surface area contributed by atoms with E-state index in [0.29, 0.717) is 18.7 Å². The number of aromatic hydroxyl groups is 1. The Hall–Kier alpha value is -6.10. The van der Waals surface area contributed by atoms with Gasteiger partial charge in [0.1, 0.15) is 30.2 Å². The molecule has 2 heterocycles. The van der Waals surface area contributed by atoms with Gasteiger partial charge < -0.3 is 43.4 Å². The normalized spacial score (nSPS) is 20.7. The van der Waals surface area contributed by atoms with Crippen LogP contribution in [0.3, 0.4) is 0 Å². The largest absolute Gasteiger partial charge is 0.507 e. The number of amides is 1. The monoisotopic (exact) mass is 926 g/mol. The molecule has 0 bridgehead atoms. The van der Waals surface area contributed by atoms with Crippen molar-refractivity contribution in [2.75, 3.05) is 18.1 Å². The van der Waals surface area contributed by atoms with E-state index < -0.39 is 74.4 Å². The van der Waals surface area contributed by atoms with Crippen molar-refractivity contribution in [2.24, 2.45) is 0 Å². The van der Waals surface area contributed by atoms with Crippen LogP contribution in [0.1, 0.15) is 81.7 Å². The van der Waals surface area contributed by atoms with Gasteiger partial charge in [0.05, 0.1) is 18.3 Å². The molecule has 354 valence electrons. The second-order valence-electron chi connectivity index (χ2n) is 18.4. The van der Waals surface area contributed by atoms with Crippen molar-refractivity contribution in [2.45, 2.75) is 130 Å². The second-order valence-corrected chi connectivity index (χ2v) is 22.7. The molecule has 6 atom stereocenters. The molecule has 15 nitrogen and oxygen atoms in total. The Morgan fingerprint density at radius 2 is 1.21 bits per heavy atom. The van der Waals surface area contributed by atoms with Crippen LogP contribution in [-0.2, 0) is 58.4 Å². The smallest absolute Gasteiger partial charge is 0.414 e. The summed E-state index contributed by atoms with van der Waals surface area (Å²) < 4.78 is 39.6. The zero-order valence-corrected chi connectivity index (χ0v) is 40.5. The summed E-state index contributed by atoms with van der Waals surface area (Å²) in [7, 11) is -2.88. The van der Waals surface area contributed by atoms with E-state index in [4.69, 9.17) is 38.3 Å². The number of phenols is 1. The average molecular weight is 927 g/mol. The first-order valence-corrected chi connectivity index (χ1v) is 23.7. The number of fused-ring (bicyclic) bond motifs is 3. The minimum atomic E-state index is -2.88. The Morgan fingerprint density at radius 1 is 0.712 bits per heavy atom. The maximum atomic E-state index is 13.6. The number of benzene rings is 4. The molecule has 4 aromatic rings. The number of esters is 4. The van der Waals surface area contributed by atoms with Crippen molar-refractivity contribution < 1.29 is 61.9 Å². The van der Waals surface area contributed by atoms with Gasteiger partial charge in [0, 0.05) is 51.3 Å².